The number of amides is 1. The van der Waals surface area contributed by atoms with Gasteiger partial charge < -0.3 is 5.32 Å². The van der Waals surface area contributed by atoms with Gasteiger partial charge in [0, 0.05) is 5.41 Å². The summed E-state index contributed by atoms with van der Waals surface area (Å²) in [5.41, 5.74) is 1.67. The lowest BCUT2D eigenvalue weighted by atomic mass is 9.96. The zero-order valence-corrected chi connectivity index (χ0v) is 17.4. The minimum Gasteiger partial charge on any atom is -0.300 e. The summed E-state index contributed by atoms with van der Waals surface area (Å²) in [5.74, 6) is -0.102. The van der Waals surface area contributed by atoms with Crippen LogP contribution in [0.25, 0.3) is 0 Å². The van der Waals surface area contributed by atoms with Crippen molar-refractivity contribution in [2.45, 2.75) is 51.8 Å². The number of carbonyl (C=O) groups excluding carboxylic acids is 1. The molecule has 0 saturated heterocycles. The van der Waals surface area contributed by atoms with Gasteiger partial charge >= 0.3 is 0 Å². The van der Waals surface area contributed by atoms with Crippen molar-refractivity contribution in [3.05, 3.63) is 29.3 Å². The van der Waals surface area contributed by atoms with E-state index in [2.05, 4.69) is 20.2 Å². The summed E-state index contributed by atoms with van der Waals surface area (Å²) >= 11 is 0.819. The molecule has 0 aliphatic rings. The Balaban J connectivity index is 2.29. The first-order valence-corrected chi connectivity index (χ1v) is 10.5. The van der Waals surface area contributed by atoms with Crippen LogP contribution in [0.2, 0.25) is 0 Å². The van der Waals surface area contributed by atoms with Gasteiger partial charge in [-0.05, 0) is 24.0 Å². The van der Waals surface area contributed by atoms with E-state index in [1.165, 1.54) is 0 Å². The van der Waals surface area contributed by atoms with Gasteiger partial charge in [0.25, 0.3) is 14.4 Å². The van der Waals surface area contributed by atoms with Gasteiger partial charge in [-0.1, -0.05) is 64.2 Å². The van der Waals surface area contributed by atoms with E-state index in [-0.39, 0.29) is 21.3 Å². The van der Waals surface area contributed by atoms with Crippen LogP contribution < -0.4 is 10.0 Å². The van der Waals surface area contributed by atoms with Crippen molar-refractivity contribution in [1.82, 2.24) is 10.2 Å². The second-order valence-corrected chi connectivity index (χ2v) is 10.2. The largest absolute Gasteiger partial charge is 0.300 e. The van der Waals surface area contributed by atoms with Gasteiger partial charge in [-0.3, -0.25) is 9.52 Å². The van der Waals surface area contributed by atoms with E-state index in [1.807, 2.05) is 39.0 Å². The summed E-state index contributed by atoms with van der Waals surface area (Å²) < 4.78 is 27.8. The number of carbonyl (C=O) groups is 1. The van der Waals surface area contributed by atoms with Gasteiger partial charge in [0.2, 0.25) is 11.0 Å². The van der Waals surface area contributed by atoms with Crippen LogP contribution in [0.1, 0.15) is 51.7 Å². The predicted molar refractivity (Wildman–Crippen MR) is 104 cm³/mol. The summed E-state index contributed by atoms with van der Waals surface area (Å²) in [6.07, 6.45) is 0. The molecule has 0 aliphatic heterocycles. The fourth-order valence-corrected chi connectivity index (χ4v) is 4.20. The topological polar surface area (TPSA) is 101 Å². The van der Waals surface area contributed by atoms with E-state index in [4.69, 9.17) is 0 Å². The number of rotatable bonds is 5. The Morgan fingerprint density at radius 1 is 1.19 bits per heavy atom. The number of hydrogen-bond acceptors (Lipinski definition) is 6. The Bertz CT molecular complexity index is 912. The van der Waals surface area contributed by atoms with Crippen LogP contribution in [-0.4, -0.2) is 24.5 Å². The molecule has 7 nitrogen and oxygen atoms in total. The minimum absolute atomic E-state index is 0.152. The number of aryl methyl sites for hydroxylation is 1. The molecule has 26 heavy (non-hydrogen) atoms. The van der Waals surface area contributed by atoms with E-state index in [1.54, 1.807) is 20.8 Å². The molecule has 0 unspecified atom stereocenters. The first-order valence-electron chi connectivity index (χ1n) is 8.19. The van der Waals surface area contributed by atoms with Crippen LogP contribution in [0.15, 0.2) is 22.5 Å². The average Bonchev–Trinajstić information content (AvgIpc) is 2.97. The summed E-state index contributed by atoms with van der Waals surface area (Å²) in [7, 11) is -3.90. The average molecular weight is 397 g/mol. The second-order valence-electron chi connectivity index (χ2n) is 7.38. The summed E-state index contributed by atoms with van der Waals surface area (Å²) in [6, 6.07) is 5.64. The van der Waals surface area contributed by atoms with Crippen LogP contribution in [-0.2, 0) is 14.8 Å². The molecule has 9 heteroatoms. The third kappa shape index (κ3) is 4.59. The number of nitrogens with one attached hydrogen (secondary N) is 2. The molecular formula is C17H24N4O3S2. The third-order valence-electron chi connectivity index (χ3n) is 3.70. The van der Waals surface area contributed by atoms with E-state index < -0.39 is 15.4 Å². The molecule has 0 spiro atoms. The van der Waals surface area contributed by atoms with Gasteiger partial charge in [-0.15, -0.1) is 10.2 Å². The summed E-state index contributed by atoms with van der Waals surface area (Å²) in [4.78, 5) is 12.0. The maximum Gasteiger partial charge on any atom is 0.291 e. The van der Waals surface area contributed by atoms with Crippen LogP contribution in [0.5, 0.6) is 0 Å². The zero-order valence-electron chi connectivity index (χ0n) is 15.7. The molecule has 2 N–H and O–H groups in total. The molecular weight excluding hydrogens is 372 g/mol. The van der Waals surface area contributed by atoms with E-state index in [9.17, 15) is 13.2 Å². The number of sulfonamides is 1. The fourth-order valence-electron chi connectivity index (χ4n) is 2.14. The molecule has 2 aromatic rings. The molecule has 0 saturated carbocycles. The molecule has 1 amide bonds. The van der Waals surface area contributed by atoms with Crippen molar-refractivity contribution >= 4 is 38.1 Å². The molecule has 1 aromatic carbocycles. The molecule has 0 atom stereocenters. The number of benzene rings is 1. The maximum atomic E-state index is 12.7. The minimum atomic E-state index is -3.90. The number of nitrogens with zero attached hydrogens (tertiary/aromatic N) is 2. The normalized spacial score (nSPS) is 12.3. The molecule has 142 valence electrons. The van der Waals surface area contributed by atoms with Crippen molar-refractivity contribution in [2.24, 2.45) is 5.41 Å². The highest BCUT2D eigenvalue weighted by atomic mass is 32.2. The lowest BCUT2D eigenvalue weighted by molar-refractivity contribution is -0.123. The SMILES string of the molecule is Cc1cccc(C(C)C)c1NS(=O)(=O)c1nnc(NC(=O)C(C)(C)C)s1. The Labute approximate surface area is 158 Å². The predicted octanol–water partition coefficient (Wildman–Crippen LogP) is 3.76. The highest BCUT2D eigenvalue weighted by molar-refractivity contribution is 7.94. The third-order valence-corrected chi connectivity index (χ3v) is 6.26. The first-order chi connectivity index (χ1) is 11.9. The lowest BCUT2D eigenvalue weighted by Gasteiger charge is -2.16. The molecule has 1 heterocycles. The standard InChI is InChI=1S/C17H24N4O3S2/c1-10(2)12-9-7-8-11(3)13(12)21-26(23,24)16-20-19-15(25-16)18-14(22)17(4,5)6/h7-10,21H,1-6H3,(H,18,19,22). The number of aromatic nitrogens is 2. The van der Waals surface area contributed by atoms with Crippen LogP contribution in [0.4, 0.5) is 10.8 Å². The van der Waals surface area contributed by atoms with Crippen molar-refractivity contribution in [3.8, 4) is 0 Å². The number of anilines is 2. The lowest BCUT2D eigenvalue weighted by Crippen LogP contribution is -2.27. The van der Waals surface area contributed by atoms with E-state index in [0.29, 0.717) is 5.69 Å². The maximum absolute atomic E-state index is 12.7. The highest BCUT2D eigenvalue weighted by Crippen LogP contribution is 2.31. The molecule has 0 aliphatic carbocycles. The number of para-hydroxylation sites is 1. The van der Waals surface area contributed by atoms with Gasteiger partial charge in [-0.2, -0.15) is 8.42 Å². The van der Waals surface area contributed by atoms with Crippen LogP contribution in [0.3, 0.4) is 0 Å². The van der Waals surface area contributed by atoms with Crippen molar-refractivity contribution in [3.63, 3.8) is 0 Å². The van der Waals surface area contributed by atoms with Crippen molar-refractivity contribution < 1.29 is 13.2 Å². The van der Waals surface area contributed by atoms with Crippen LogP contribution >= 0.6 is 11.3 Å². The Hall–Kier alpha value is -2.00. The van der Waals surface area contributed by atoms with E-state index in [0.717, 1.165) is 22.5 Å². The van der Waals surface area contributed by atoms with Crippen LogP contribution in [0, 0.1) is 12.3 Å². The molecule has 2 rings (SSSR count). The summed E-state index contributed by atoms with van der Waals surface area (Å²) in [5, 5.41) is 10.2. The number of hydrogen-bond donors (Lipinski definition) is 2. The fraction of sp³-hybridized carbons (Fsp3) is 0.471. The molecule has 0 bridgehead atoms. The molecule has 1 aromatic heterocycles. The Morgan fingerprint density at radius 2 is 1.85 bits per heavy atom. The van der Waals surface area contributed by atoms with Gasteiger partial charge in [0.05, 0.1) is 5.69 Å². The smallest absolute Gasteiger partial charge is 0.291 e. The zero-order chi connectivity index (χ0) is 19.7. The molecule has 0 radical (unpaired) electrons. The van der Waals surface area contributed by atoms with Crippen molar-refractivity contribution in [1.29, 1.82) is 0 Å². The summed E-state index contributed by atoms with van der Waals surface area (Å²) in [6.45, 7) is 11.1. The monoisotopic (exact) mass is 396 g/mol. The quantitative estimate of drug-likeness (QED) is 0.750. The Morgan fingerprint density at radius 3 is 2.42 bits per heavy atom. The second kappa shape index (κ2) is 7.32. The van der Waals surface area contributed by atoms with Gasteiger partial charge in [0.15, 0.2) is 0 Å². The highest BCUT2D eigenvalue weighted by Gasteiger charge is 2.26. The van der Waals surface area contributed by atoms with E-state index >= 15 is 0 Å². The molecule has 0 fully saturated rings. The van der Waals surface area contributed by atoms with Crippen molar-refractivity contribution in [2.75, 3.05) is 10.0 Å². The first kappa shape index (κ1) is 20.3. The Kier molecular flexibility index (Phi) is 5.72. The van der Waals surface area contributed by atoms with Gasteiger partial charge in [-0.25, -0.2) is 0 Å². The van der Waals surface area contributed by atoms with Gasteiger partial charge in [0.1, 0.15) is 0 Å².